The van der Waals surface area contributed by atoms with Crippen LogP contribution in [0.5, 0.6) is 0 Å². The van der Waals surface area contributed by atoms with Crippen molar-refractivity contribution < 1.29 is 80.9 Å². The lowest BCUT2D eigenvalue weighted by molar-refractivity contribution is -0.0353. The molecule has 0 aliphatic carbocycles. The molecule has 43 heavy (non-hydrogen) atoms. The number of phosphoric ester groups is 3. The molecule has 0 spiro atoms. The molecule has 0 aromatic heterocycles. The Morgan fingerprint density at radius 3 is 1.93 bits per heavy atom. The molecule has 0 aromatic carbocycles. The van der Waals surface area contributed by atoms with Crippen LogP contribution in [0.25, 0.3) is 0 Å². The van der Waals surface area contributed by atoms with Gasteiger partial charge in [-0.3, -0.25) is 27.1 Å². The standard InChI is InChI=1S/C22H40BO17P3/c1-3-15-16(4-6-31-15)38-42(27,28)35-12-21-18(8-13(2)36-21)40-43(29,30)34-11-20-17(5-7-32-20)39-41(25,26)33-10-19-14(24)9-22(23)37-19/h13-22,24H,3-12H2,1-2H3,(H,25,26)(H,27,28)(H,29,30)/i7D. The number of aliphatic hydroxyl groups is 1. The second kappa shape index (κ2) is 15.4. The zero-order chi connectivity index (χ0) is 32.3. The molecule has 4 aliphatic heterocycles. The topological polar surface area (TPSA) is 224 Å². The Kier molecular flexibility index (Phi) is 12.4. The van der Waals surface area contributed by atoms with Gasteiger partial charge in [0.1, 0.15) is 38.4 Å². The first kappa shape index (κ1) is 34.5. The van der Waals surface area contributed by atoms with Crippen molar-refractivity contribution in [3.63, 3.8) is 0 Å². The van der Waals surface area contributed by atoms with Crippen LogP contribution < -0.4 is 0 Å². The molecule has 17 nitrogen and oxygen atoms in total. The Hall–Kier alpha value is 0.195. The van der Waals surface area contributed by atoms with Crippen LogP contribution in [0.2, 0.25) is 0 Å². The smallest absolute Gasteiger partial charge is 0.390 e. The third-order valence-electron chi connectivity index (χ3n) is 7.22. The molecule has 0 aromatic rings. The first-order valence-electron chi connectivity index (χ1n) is 14.5. The van der Waals surface area contributed by atoms with Crippen LogP contribution in [-0.4, -0.2) is 122 Å². The summed E-state index contributed by atoms with van der Waals surface area (Å²) in [6.45, 7) is 1.06. The van der Waals surface area contributed by atoms with Crippen molar-refractivity contribution in [1.82, 2.24) is 0 Å². The Balaban J connectivity index is 1.26. The lowest BCUT2D eigenvalue weighted by Crippen LogP contribution is -2.31. The summed E-state index contributed by atoms with van der Waals surface area (Å²) in [5, 5.41) is 9.86. The first-order valence-corrected chi connectivity index (χ1v) is 18.4. The predicted molar refractivity (Wildman–Crippen MR) is 145 cm³/mol. The van der Waals surface area contributed by atoms with Gasteiger partial charge in [-0.05, 0) is 19.8 Å². The van der Waals surface area contributed by atoms with Crippen LogP contribution in [0.15, 0.2) is 0 Å². The highest BCUT2D eigenvalue weighted by molar-refractivity contribution is 7.48. The summed E-state index contributed by atoms with van der Waals surface area (Å²) < 4.78 is 98.0. The SMILES string of the molecule is [2H]C1CC(OP(=O)(O)OCC2OC([B])CC2O)C(COP(=O)(O)OC2CC(C)OC2COP(=O)(O)OC2CCOC2CC)O1. The molecular formula is C22H40BO17P3. The maximum atomic E-state index is 12.8. The van der Waals surface area contributed by atoms with Crippen molar-refractivity contribution in [2.24, 2.45) is 0 Å². The number of aliphatic hydroxyl groups excluding tert-OH is 1. The normalized spacial score (nSPS) is 42.8. The van der Waals surface area contributed by atoms with Gasteiger partial charge in [0.25, 0.3) is 0 Å². The van der Waals surface area contributed by atoms with Gasteiger partial charge in [-0.1, -0.05) is 6.92 Å². The minimum Gasteiger partial charge on any atom is -0.390 e. The molecule has 21 heteroatoms. The van der Waals surface area contributed by atoms with E-state index in [0.29, 0.717) is 19.4 Å². The Labute approximate surface area is 252 Å². The zero-order valence-corrected chi connectivity index (χ0v) is 26.4. The fourth-order valence-electron chi connectivity index (χ4n) is 5.10. The molecule has 4 saturated heterocycles. The molecule has 0 saturated carbocycles. The third kappa shape index (κ3) is 10.9. The molecule has 0 bridgehead atoms. The lowest BCUT2D eigenvalue weighted by atomic mass is 9.96. The Morgan fingerprint density at radius 1 is 0.791 bits per heavy atom. The van der Waals surface area contributed by atoms with Gasteiger partial charge >= 0.3 is 23.5 Å². The van der Waals surface area contributed by atoms with Crippen molar-refractivity contribution in [3.05, 3.63) is 0 Å². The summed E-state index contributed by atoms with van der Waals surface area (Å²) in [7, 11) is -8.52. The molecule has 4 heterocycles. The summed E-state index contributed by atoms with van der Waals surface area (Å²) in [5.41, 5.74) is 0. The Bertz CT molecular complexity index is 1090. The van der Waals surface area contributed by atoms with Gasteiger partial charge in [-0.25, -0.2) is 13.7 Å². The van der Waals surface area contributed by atoms with Crippen LogP contribution in [0.1, 0.15) is 47.3 Å². The summed E-state index contributed by atoms with van der Waals surface area (Å²) >= 11 is 0. The number of hydrogen-bond donors (Lipinski definition) is 4. The number of hydrogen-bond acceptors (Lipinski definition) is 14. The highest BCUT2D eigenvalue weighted by atomic mass is 31.2. The van der Waals surface area contributed by atoms with Gasteiger partial charge in [0.2, 0.25) is 0 Å². The number of rotatable bonds is 16. The maximum Gasteiger partial charge on any atom is 0.472 e. The summed E-state index contributed by atoms with van der Waals surface area (Å²) in [5.74, 6) is 0. The fourth-order valence-corrected chi connectivity index (χ4v) is 8.00. The van der Waals surface area contributed by atoms with Gasteiger partial charge in [0.05, 0.1) is 45.6 Å². The van der Waals surface area contributed by atoms with E-state index >= 15 is 0 Å². The van der Waals surface area contributed by atoms with Crippen molar-refractivity contribution in [2.45, 2.75) is 107 Å². The van der Waals surface area contributed by atoms with Gasteiger partial charge in [-0.15, -0.1) is 0 Å². The minimum absolute atomic E-state index is 0.121. The predicted octanol–water partition coefficient (Wildman–Crippen LogP) is 1.30. The summed E-state index contributed by atoms with van der Waals surface area (Å²) in [6, 6.07) is -0.749. The van der Waals surface area contributed by atoms with E-state index in [2.05, 4.69) is 0 Å². The van der Waals surface area contributed by atoms with E-state index in [0.717, 1.165) is 0 Å². The van der Waals surface area contributed by atoms with Crippen molar-refractivity contribution >= 4 is 31.3 Å². The third-order valence-corrected chi connectivity index (χ3v) is 10.3. The van der Waals surface area contributed by atoms with E-state index in [1.165, 1.54) is 0 Å². The summed E-state index contributed by atoms with van der Waals surface area (Å²) in [4.78, 5) is 30.8. The van der Waals surface area contributed by atoms with Gasteiger partial charge in [0, 0.05) is 38.5 Å². The quantitative estimate of drug-likeness (QED) is 0.133. The van der Waals surface area contributed by atoms with Gasteiger partial charge in [0.15, 0.2) is 0 Å². The van der Waals surface area contributed by atoms with Crippen molar-refractivity contribution in [1.29, 1.82) is 0 Å². The average molecular weight is 681 g/mol. The molecule has 14 atom stereocenters. The molecule has 14 unspecified atom stereocenters. The largest absolute Gasteiger partial charge is 0.472 e. The second-order valence-corrected chi connectivity index (χ2v) is 14.9. The lowest BCUT2D eigenvalue weighted by Gasteiger charge is -2.25. The van der Waals surface area contributed by atoms with E-state index in [4.69, 9.17) is 55.3 Å². The fraction of sp³-hybridized carbons (Fsp3) is 1.00. The van der Waals surface area contributed by atoms with Gasteiger partial charge < -0.3 is 38.7 Å². The molecule has 4 fully saturated rings. The van der Waals surface area contributed by atoms with E-state index in [1.807, 2.05) is 6.92 Å². The second-order valence-electron chi connectivity index (χ2n) is 10.6. The Morgan fingerprint density at radius 2 is 1.35 bits per heavy atom. The van der Waals surface area contributed by atoms with Crippen LogP contribution in [0.4, 0.5) is 0 Å². The van der Waals surface area contributed by atoms with Crippen LogP contribution in [0.3, 0.4) is 0 Å². The van der Waals surface area contributed by atoms with E-state index in [-0.39, 0.29) is 25.4 Å². The van der Waals surface area contributed by atoms with E-state index < -0.39 is 105 Å². The van der Waals surface area contributed by atoms with Gasteiger partial charge in [-0.2, -0.15) is 0 Å². The van der Waals surface area contributed by atoms with Crippen LogP contribution in [-0.2, 0) is 59.8 Å². The summed E-state index contributed by atoms with van der Waals surface area (Å²) in [6.07, 6.45) is -6.85. The maximum absolute atomic E-state index is 12.8. The van der Waals surface area contributed by atoms with Crippen LogP contribution >= 0.6 is 23.5 Å². The molecule has 4 rings (SSSR count). The van der Waals surface area contributed by atoms with Crippen LogP contribution in [0, 0.1) is 0 Å². The monoisotopic (exact) mass is 681 g/mol. The van der Waals surface area contributed by atoms with Crippen molar-refractivity contribution in [2.75, 3.05) is 33.0 Å². The van der Waals surface area contributed by atoms with E-state index in [9.17, 15) is 33.5 Å². The highest BCUT2D eigenvalue weighted by Crippen LogP contribution is 2.51. The zero-order valence-electron chi connectivity index (χ0n) is 24.7. The molecule has 4 aliphatic rings. The minimum atomic E-state index is -4.83. The van der Waals surface area contributed by atoms with Crippen molar-refractivity contribution in [3.8, 4) is 0 Å². The molecule has 0 amide bonds. The molecule has 248 valence electrons. The average Bonchev–Trinajstić information content (AvgIpc) is 3.67. The molecule has 4 N–H and O–H groups in total. The molecule has 2 radical (unpaired) electrons. The first-order chi connectivity index (χ1) is 20.5. The number of phosphoric acid groups is 3. The number of ether oxygens (including phenoxy) is 4. The molecular weight excluding hydrogens is 640 g/mol. The van der Waals surface area contributed by atoms with E-state index in [1.54, 1.807) is 6.92 Å². The highest BCUT2D eigenvalue weighted by Gasteiger charge is 2.44.